The summed E-state index contributed by atoms with van der Waals surface area (Å²) in [5, 5.41) is 2.99. The lowest BCUT2D eigenvalue weighted by molar-refractivity contribution is 0.165. The summed E-state index contributed by atoms with van der Waals surface area (Å²) in [6, 6.07) is 9.31. The van der Waals surface area contributed by atoms with Crippen LogP contribution in [0.1, 0.15) is 38.3 Å². The Kier molecular flexibility index (Phi) is 8.23. The van der Waals surface area contributed by atoms with Crippen molar-refractivity contribution < 1.29 is 13.9 Å². The molecule has 1 aromatic carbocycles. The number of pyridine rings is 1. The molecule has 0 fully saturated rings. The number of nitrogens with one attached hydrogen (secondary N) is 1. The van der Waals surface area contributed by atoms with E-state index in [0.717, 1.165) is 17.7 Å². The summed E-state index contributed by atoms with van der Waals surface area (Å²) in [6.45, 7) is 7.10. The fourth-order valence-electron chi connectivity index (χ4n) is 3.09. The number of hydrogen-bond acceptors (Lipinski definition) is 3. The standard InChI is InChI=1S/C22H30FN3O2/c1-5-17(3)26(15-16(2)11-19-9-10-24-14-21(19)23)22(27)25-13-18-7-6-8-20(12-18)28-4/h6-10,12,14,16-17H,5,11,13,15H2,1-4H3,(H,25,27)/t16-,17+/m0/s1. The van der Waals surface area contributed by atoms with Crippen LogP contribution in [0.5, 0.6) is 5.75 Å². The molecule has 2 atom stereocenters. The maximum Gasteiger partial charge on any atom is 0.317 e. The second kappa shape index (κ2) is 10.6. The smallest absolute Gasteiger partial charge is 0.317 e. The first-order valence-corrected chi connectivity index (χ1v) is 9.70. The molecule has 0 aliphatic rings. The highest BCUT2D eigenvalue weighted by Gasteiger charge is 2.21. The molecule has 0 unspecified atom stereocenters. The average Bonchev–Trinajstić information content (AvgIpc) is 2.71. The summed E-state index contributed by atoms with van der Waals surface area (Å²) in [7, 11) is 1.62. The highest BCUT2D eigenvalue weighted by atomic mass is 19.1. The zero-order chi connectivity index (χ0) is 20.5. The third-order valence-electron chi connectivity index (χ3n) is 4.89. The fourth-order valence-corrected chi connectivity index (χ4v) is 3.09. The number of halogens is 1. The molecular formula is C22H30FN3O2. The maximum atomic E-state index is 13.9. The molecule has 152 valence electrons. The van der Waals surface area contributed by atoms with Gasteiger partial charge in [0.1, 0.15) is 11.6 Å². The van der Waals surface area contributed by atoms with Gasteiger partial charge in [0, 0.05) is 25.3 Å². The highest BCUT2D eigenvalue weighted by molar-refractivity contribution is 5.74. The van der Waals surface area contributed by atoms with E-state index in [4.69, 9.17) is 4.74 Å². The van der Waals surface area contributed by atoms with Gasteiger partial charge in [-0.15, -0.1) is 0 Å². The Hall–Kier alpha value is -2.63. The van der Waals surface area contributed by atoms with Crippen LogP contribution < -0.4 is 10.1 Å². The van der Waals surface area contributed by atoms with Crippen molar-refractivity contribution >= 4 is 6.03 Å². The molecule has 6 heteroatoms. The Bertz CT molecular complexity index is 769. The number of nitrogens with zero attached hydrogens (tertiary/aromatic N) is 2. The fraction of sp³-hybridized carbons (Fsp3) is 0.455. The van der Waals surface area contributed by atoms with E-state index < -0.39 is 0 Å². The minimum absolute atomic E-state index is 0.0926. The number of urea groups is 1. The van der Waals surface area contributed by atoms with Crippen molar-refractivity contribution in [1.82, 2.24) is 15.2 Å². The second-order valence-corrected chi connectivity index (χ2v) is 7.20. The van der Waals surface area contributed by atoms with Gasteiger partial charge in [-0.2, -0.15) is 0 Å². The van der Waals surface area contributed by atoms with E-state index in [9.17, 15) is 9.18 Å². The largest absolute Gasteiger partial charge is 0.497 e. The number of benzene rings is 1. The number of carbonyl (C=O) groups is 1. The van der Waals surface area contributed by atoms with Gasteiger partial charge in [0.05, 0.1) is 13.3 Å². The monoisotopic (exact) mass is 387 g/mol. The summed E-state index contributed by atoms with van der Waals surface area (Å²) >= 11 is 0. The first-order chi connectivity index (χ1) is 13.4. The number of ether oxygens (including phenoxy) is 1. The zero-order valence-electron chi connectivity index (χ0n) is 17.1. The minimum atomic E-state index is -0.299. The van der Waals surface area contributed by atoms with Gasteiger partial charge in [-0.25, -0.2) is 9.18 Å². The molecule has 2 rings (SSSR count). The molecule has 0 radical (unpaired) electrons. The van der Waals surface area contributed by atoms with E-state index in [2.05, 4.69) is 17.2 Å². The Labute approximate surface area is 166 Å². The van der Waals surface area contributed by atoms with Crippen LogP contribution in [0.25, 0.3) is 0 Å². The first-order valence-electron chi connectivity index (χ1n) is 9.70. The average molecular weight is 387 g/mol. The topological polar surface area (TPSA) is 54.5 Å². The number of methoxy groups -OCH3 is 1. The Morgan fingerprint density at radius 2 is 2.11 bits per heavy atom. The molecule has 28 heavy (non-hydrogen) atoms. The summed E-state index contributed by atoms with van der Waals surface area (Å²) in [6.07, 6.45) is 4.24. The normalized spacial score (nSPS) is 12.9. The number of carbonyl (C=O) groups excluding carboxylic acids is 1. The van der Waals surface area contributed by atoms with Gasteiger partial charge in [0.25, 0.3) is 0 Å². The summed E-state index contributed by atoms with van der Waals surface area (Å²) in [4.78, 5) is 18.5. The molecule has 0 saturated carbocycles. The number of amides is 2. The van der Waals surface area contributed by atoms with Gasteiger partial charge < -0.3 is 15.0 Å². The van der Waals surface area contributed by atoms with Crippen molar-refractivity contribution in [2.24, 2.45) is 5.92 Å². The molecule has 1 heterocycles. The Balaban J connectivity index is 1.99. The van der Waals surface area contributed by atoms with Crippen molar-refractivity contribution in [1.29, 1.82) is 0 Å². The van der Waals surface area contributed by atoms with E-state index in [1.54, 1.807) is 19.4 Å². The molecule has 0 aliphatic heterocycles. The van der Waals surface area contributed by atoms with Crippen LogP contribution in [-0.4, -0.2) is 35.6 Å². The predicted molar refractivity (Wildman–Crippen MR) is 109 cm³/mol. The Morgan fingerprint density at radius 3 is 2.79 bits per heavy atom. The van der Waals surface area contributed by atoms with E-state index in [-0.39, 0.29) is 23.8 Å². The van der Waals surface area contributed by atoms with Crippen molar-refractivity contribution in [3.05, 3.63) is 59.7 Å². The summed E-state index contributed by atoms with van der Waals surface area (Å²) < 4.78 is 19.1. The quantitative estimate of drug-likeness (QED) is 0.693. The van der Waals surface area contributed by atoms with Crippen LogP contribution in [0.2, 0.25) is 0 Å². The van der Waals surface area contributed by atoms with E-state index in [1.165, 1.54) is 6.20 Å². The van der Waals surface area contributed by atoms with E-state index >= 15 is 0 Å². The van der Waals surface area contributed by atoms with Crippen LogP contribution >= 0.6 is 0 Å². The molecule has 0 bridgehead atoms. The lowest BCUT2D eigenvalue weighted by atomic mass is 10.0. The third kappa shape index (κ3) is 6.22. The van der Waals surface area contributed by atoms with Crippen LogP contribution in [0, 0.1) is 11.7 Å². The SMILES string of the molecule is CC[C@@H](C)N(C[C@@H](C)Cc1ccncc1F)C(=O)NCc1cccc(OC)c1. The minimum Gasteiger partial charge on any atom is -0.497 e. The molecule has 0 spiro atoms. The first kappa shape index (κ1) is 21.7. The molecule has 2 amide bonds. The van der Waals surface area contributed by atoms with Gasteiger partial charge >= 0.3 is 6.03 Å². The molecular weight excluding hydrogens is 357 g/mol. The number of hydrogen-bond donors (Lipinski definition) is 1. The highest BCUT2D eigenvalue weighted by Crippen LogP contribution is 2.16. The predicted octanol–water partition coefficient (Wildman–Crippen LogP) is 4.42. The maximum absolute atomic E-state index is 13.9. The van der Waals surface area contributed by atoms with Crippen LogP contribution in [0.15, 0.2) is 42.7 Å². The van der Waals surface area contributed by atoms with Crippen LogP contribution in [0.3, 0.4) is 0 Å². The third-order valence-corrected chi connectivity index (χ3v) is 4.89. The van der Waals surface area contributed by atoms with Crippen LogP contribution in [0.4, 0.5) is 9.18 Å². The van der Waals surface area contributed by atoms with Gasteiger partial charge in [0.15, 0.2) is 0 Å². The van der Waals surface area contributed by atoms with Crippen LogP contribution in [-0.2, 0) is 13.0 Å². The van der Waals surface area contributed by atoms with Crippen molar-refractivity contribution in [3.8, 4) is 5.75 Å². The van der Waals surface area contributed by atoms with Crippen molar-refractivity contribution in [3.63, 3.8) is 0 Å². The summed E-state index contributed by atoms with van der Waals surface area (Å²) in [5.41, 5.74) is 1.60. The van der Waals surface area contributed by atoms with E-state index in [0.29, 0.717) is 25.1 Å². The zero-order valence-corrected chi connectivity index (χ0v) is 17.1. The molecule has 1 aromatic heterocycles. The molecule has 5 nitrogen and oxygen atoms in total. The second-order valence-electron chi connectivity index (χ2n) is 7.20. The lowest BCUT2D eigenvalue weighted by Crippen LogP contribution is -2.46. The molecule has 0 aliphatic carbocycles. The lowest BCUT2D eigenvalue weighted by Gasteiger charge is -2.31. The molecule has 2 aromatic rings. The van der Waals surface area contributed by atoms with Crippen molar-refractivity contribution in [2.75, 3.05) is 13.7 Å². The Morgan fingerprint density at radius 1 is 1.32 bits per heavy atom. The van der Waals surface area contributed by atoms with Gasteiger partial charge in [0.2, 0.25) is 0 Å². The number of rotatable bonds is 9. The summed E-state index contributed by atoms with van der Waals surface area (Å²) in [5.74, 6) is 0.582. The van der Waals surface area contributed by atoms with E-state index in [1.807, 2.05) is 43.0 Å². The van der Waals surface area contributed by atoms with Gasteiger partial charge in [-0.05, 0) is 55.0 Å². The number of aromatic nitrogens is 1. The van der Waals surface area contributed by atoms with Gasteiger partial charge in [-0.3, -0.25) is 4.98 Å². The van der Waals surface area contributed by atoms with Gasteiger partial charge in [-0.1, -0.05) is 26.0 Å². The van der Waals surface area contributed by atoms with Crippen molar-refractivity contribution in [2.45, 2.75) is 46.2 Å². The molecule has 0 saturated heterocycles. The molecule has 1 N–H and O–H groups in total.